The fourth-order valence-electron chi connectivity index (χ4n) is 2.81. The molecule has 0 bridgehead atoms. The van der Waals surface area contributed by atoms with Crippen LogP contribution in [0, 0.1) is 0 Å². The molecule has 0 saturated carbocycles. The molecule has 3 rings (SSSR count). The van der Waals surface area contributed by atoms with Crippen molar-refractivity contribution in [1.82, 2.24) is 0 Å². The Balaban J connectivity index is 1.80. The molecule has 0 amide bonds. The molecule has 3 nitrogen and oxygen atoms in total. The second kappa shape index (κ2) is 10.2. The normalized spacial score (nSPS) is 13.7. The molecule has 1 atom stereocenters. The molecule has 3 aromatic carbocycles. The van der Waals surface area contributed by atoms with Crippen LogP contribution in [-0.2, 0) is 20.4 Å². The minimum atomic E-state index is -4.60. The van der Waals surface area contributed by atoms with E-state index in [0.29, 0.717) is 5.75 Å². The SMILES string of the molecule is COCOC(C)(COc1ccc([S+](c2ccccc2)c2ccccc2)cc1)C(F)(F)F. The van der Waals surface area contributed by atoms with Gasteiger partial charge in [-0.15, -0.1) is 0 Å². The first kappa shape index (κ1) is 23.2. The topological polar surface area (TPSA) is 27.7 Å². The molecule has 0 spiro atoms. The zero-order chi connectivity index (χ0) is 22.3. The van der Waals surface area contributed by atoms with Gasteiger partial charge in [-0.2, -0.15) is 13.2 Å². The van der Waals surface area contributed by atoms with Crippen LogP contribution in [0.15, 0.2) is 99.6 Å². The summed E-state index contributed by atoms with van der Waals surface area (Å²) in [4.78, 5) is 3.35. The maximum Gasteiger partial charge on any atom is 0.420 e. The molecule has 1 unspecified atom stereocenters. The van der Waals surface area contributed by atoms with Crippen molar-refractivity contribution < 1.29 is 27.4 Å². The average Bonchev–Trinajstić information content (AvgIpc) is 2.78. The van der Waals surface area contributed by atoms with Gasteiger partial charge in [0, 0.05) is 7.11 Å². The lowest BCUT2D eigenvalue weighted by atomic mass is 10.1. The van der Waals surface area contributed by atoms with Gasteiger partial charge in [-0.3, -0.25) is 0 Å². The van der Waals surface area contributed by atoms with Gasteiger partial charge in [0.05, 0.1) is 10.9 Å². The molecule has 0 fully saturated rings. The van der Waals surface area contributed by atoms with E-state index in [1.807, 2.05) is 48.5 Å². The highest BCUT2D eigenvalue weighted by Crippen LogP contribution is 2.35. The van der Waals surface area contributed by atoms with E-state index in [9.17, 15) is 13.2 Å². The molecular formula is C24H24F3O3S+. The number of benzene rings is 3. The van der Waals surface area contributed by atoms with Gasteiger partial charge in [0.15, 0.2) is 20.3 Å². The van der Waals surface area contributed by atoms with E-state index < -0.39 is 25.2 Å². The smallest absolute Gasteiger partial charge is 0.420 e. The van der Waals surface area contributed by atoms with Crippen LogP contribution >= 0.6 is 0 Å². The molecule has 164 valence electrons. The highest BCUT2D eigenvalue weighted by molar-refractivity contribution is 7.97. The number of halogens is 3. The summed E-state index contributed by atoms with van der Waals surface area (Å²) in [6.45, 7) is -0.208. The Morgan fingerprint density at radius 2 is 1.23 bits per heavy atom. The highest BCUT2D eigenvalue weighted by Gasteiger charge is 2.53. The van der Waals surface area contributed by atoms with Crippen LogP contribution in [0.5, 0.6) is 5.75 Å². The first-order valence-corrected chi connectivity index (χ1v) is 10.8. The Morgan fingerprint density at radius 3 is 1.68 bits per heavy atom. The van der Waals surface area contributed by atoms with E-state index >= 15 is 0 Å². The molecule has 7 heteroatoms. The van der Waals surface area contributed by atoms with Crippen LogP contribution in [0.4, 0.5) is 13.2 Å². The van der Waals surface area contributed by atoms with Crippen molar-refractivity contribution in [2.75, 3.05) is 20.5 Å². The third-order valence-corrected chi connectivity index (χ3v) is 6.86. The van der Waals surface area contributed by atoms with Gasteiger partial charge in [0.2, 0.25) is 0 Å². The molecule has 31 heavy (non-hydrogen) atoms. The zero-order valence-corrected chi connectivity index (χ0v) is 18.1. The van der Waals surface area contributed by atoms with Crippen molar-refractivity contribution in [2.24, 2.45) is 0 Å². The Morgan fingerprint density at radius 1 is 0.742 bits per heavy atom. The molecule has 0 N–H and O–H groups in total. The largest absolute Gasteiger partial charge is 0.490 e. The maximum absolute atomic E-state index is 13.4. The van der Waals surface area contributed by atoms with Crippen LogP contribution in [0.1, 0.15) is 6.92 Å². The minimum Gasteiger partial charge on any atom is -0.490 e. The molecular weight excluding hydrogens is 425 g/mol. The quantitative estimate of drug-likeness (QED) is 0.292. The number of methoxy groups -OCH3 is 1. The third-order valence-electron chi connectivity index (χ3n) is 4.63. The predicted octanol–water partition coefficient (Wildman–Crippen LogP) is 6.10. The lowest BCUT2D eigenvalue weighted by molar-refractivity contribution is -0.296. The first-order valence-electron chi connectivity index (χ1n) is 9.61. The summed E-state index contributed by atoms with van der Waals surface area (Å²) in [7, 11) is 0.932. The van der Waals surface area contributed by atoms with E-state index in [-0.39, 0.29) is 10.9 Å². The summed E-state index contributed by atoms with van der Waals surface area (Å²) >= 11 is 0. The average molecular weight is 450 g/mol. The van der Waals surface area contributed by atoms with Gasteiger partial charge in [-0.25, -0.2) is 0 Å². The summed E-state index contributed by atoms with van der Waals surface area (Å²) in [6, 6.07) is 27.4. The van der Waals surface area contributed by atoms with E-state index in [0.717, 1.165) is 21.6 Å². The molecule has 0 aliphatic heterocycles. The van der Waals surface area contributed by atoms with E-state index in [4.69, 9.17) is 9.47 Å². The molecule has 0 aromatic heterocycles. The number of alkyl halides is 3. The van der Waals surface area contributed by atoms with Gasteiger partial charge in [0.25, 0.3) is 0 Å². The highest BCUT2D eigenvalue weighted by atomic mass is 32.2. The molecule has 0 radical (unpaired) electrons. The van der Waals surface area contributed by atoms with E-state index in [1.54, 1.807) is 12.1 Å². The van der Waals surface area contributed by atoms with Crippen molar-refractivity contribution in [3.63, 3.8) is 0 Å². The van der Waals surface area contributed by atoms with E-state index in [2.05, 4.69) is 29.0 Å². The number of ether oxygens (including phenoxy) is 3. The minimum absolute atomic E-state index is 0.338. The molecule has 0 aliphatic carbocycles. The second-order valence-corrected chi connectivity index (χ2v) is 9.00. The lowest BCUT2D eigenvalue weighted by Crippen LogP contribution is -2.50. The predicted molar refractivity (Wildman–Crippen MR) is 114 cm³/mol. The van der Waals surface area contributed by atoms with Gasteiger partial charge < -0.3 is 14.2 Å². The molecule has 0 heterocycles. The maximum atomic E-state index is 13.4. The van der Waals surface area contributed by atoms with Crippen molar-refractivity contribution in [3.8, 4) is 5.75 Å². The lowest BCUT2D eigenvalue weighted by Gasteiger charge is -2.31. The number of hydrogen-bond donors (Lipinski definition) is 0. The monoisotopic (exact) mass is 449 g/mol. The second-order valence-electron chi connectivity index (χ2n) is 6.97. The fourth-order valence-corrected chi connectivity index (χ4v) is 4.89. The molecule has 0 aliphatic rings. The Kier molecular flexibility index (Phi) is 7.64. The van der Waals surface area contributed by atoms with Crippen LogP contribution in [0.2, 0.25) is 0 Å². The standard InChI is InChI=1S/C24H24F3O3S/c1-23(24(25,26)27,30-18-28-2)17-29-19-13-15-22(16-14-19)31(20-9-5-3-6-10-20)21-11-7-4-8-12-21/h3-16H,17-18H2,1-2H3/q+1. The van der Waals surface area contributed by atoms with Gasteiger partial charge in [0.1, 0.15) is 19.1 Å². The summed E-state index contributed by atoms with van der Waals surface area (Å²) in [5.74, 6) is 0.338. The van der Waals surface area contributed by atoms with Crippen molar-refractivity contribution in [3.05, 3.63) is 84.9 Å². The first-order chi connectivity index (χ1) is 14.8. The van der Waals surface area contributed by atoms with Crippen LogP contribution in [0.25, 0.3) is 0 Å². The van der Waals surface area contributed by atoms with Crippen molar-refractivity contribution in [1.29, 1.82) is 0 Å². The van der Waals surface area contributed by atoms with Crippen molar-refractivity contribution >= 4 is 10.9 Å². The van der Waals surface area contributed by atoms with Crippen LogP contribution in [0.3, 0.4) is 0 Å². The zero-order valence-electron chi connectivity index (χ0n) is 17.3. The Labute approximate surface area is 183 Å². The summed E-state index contributed by atoms with van der Waals surface area (Å²) in [6.07, 6.45) is -4.60. The molecule has 3 aromatic rings. The summed E-state index contributed by atoms with van der Waals surface area (Å²) in [5, 5.41) is 0. The molecule has 0 saturated heterocycles. The van der Waals surface area contributed by atoms with Gasteiger partial charge in [-0.05, 0) is 55.5 Å². The Bertz CT molecular complexity index is 894. The third kappa shape index (κ3) is 5.81. The number of rotatable bonds is 9. The Hall–Kier alpha value is -2.48. The van der Waals surface area contributed by atoms with Gasteiger partial charge in [-0.1, -0.05) is 36.4 Å². The number of hydrogen-bond acceptors (Lipinski definition) is 3. The summed E-state index contributed by atoms with van der Waals surface area (Å²) < 4.78 is 55.2. The van der Waals surface area contributed by atoms with Crippen LogP contribution in [-0.4, -0.2) is 32.3 Å². The van der Waals surface area contributed by atoms with Crippen molar-refractivity contribution in [2.45, 2.75) is 33.4 Å². The van der Waals surface area contributed by atoms with Gasteiger partial charge >= 0.3 is 6.18 Å². The van der Waals surface area contributed by atoms with E-state index in [1.165, 1.54) is 7.11 Å². The fraction of sp³-hybridized carbons (Fsp3) is 0.250. The summed E-state index contributed by atoms with van der Waals surface area (Å²) in [5.41, 5.74) is -2.47. The van der Waals surface area contributed by atoms with Crippen LogP contribution < -0.4 is 4.74 Å².